The second-order valence-corrected chi connectivity index (χ2v) is 8.80. The van der Waals surface area contributed by atoms with Crippen LogP contribution in [0.25, 0.3) is 16.7 Å². The van der Waals surface area contributed by atoms with E-state index < -0.39 is 17.2 Å². The third-order valence-corrected chi connectivity index (χ3v) is 6.19. The zero-order valence-corrected chi connectivity index (χ0v) is 20.5. The Balaban J connectivity index is 1.48. The quantitative estimate of drug-likeness (QED) is 0.375. The second kappa shape index (κ2) is 10.3. The second-order valence-electron chi connectivity index (χ2n) is 8.80. The van der Waals surface area contributed by atoms with E-state index in [2.05, 4.69) is 37.1 Å². The molecule has 1 saturated heterocycles. The predicted octanol–water partition coefficient (Wildman–Crippen LogP) is 3.07. The van der Waals surface area contributed by atoms with Crippen LogP contribution >= 0.6 is 0 Å². The van der Waals surface area contributed by atoms with Crippen LogP contribution in [0.5, 0.6) is 0 Å². The third kappa shape index (κ3) is 5.06. The van der Waals surface area contributed by atoms with Crippen LogP contribution in [0.3, 0.4) is 0 Å². The largest absolute Gasteiger partial charge is 0.364 e. The molecule has 1 fully saturated rings. The predicted molar refractivity (Wildman–Crippen MR) is 141 cm³/mol. The van der Waals surface area contributed by atoms with E-state index in [1.807, 2.05) is 7.05 Å². The van der Waals surface area contributed by atoms with Crippen LogP contribution in [0.15, 0.2) is 66.4 Å². The lowest BCUT2D eigenvalue weighted by Gasteiger charge is -2.34. The Bertz CT molecular complexity index is 1580. The Morgan fingerprint density at radius 3 is 2.50 bits per heavy atom. The number of hydrogen-bond donors (Lipinski definition) is 2. The number of halogens is 2. The Kier molecular flexibility index (Phi) is 6.79. The maximum Gasteiger partial charge on any atom is 0.283 e. The van der Waals surface area contributed by atoms with Crippen LogP contribution in [0.4, 0.5) is 31.8 Å². The highest BCUT2D eigenvalue weighted by atomic mass is 19.1. The van der Waals surface area contributed by atoms with E-state index in [4.69, 9.17) is 0 Å². The zero-order valence-electron chi connectivity index (χ0n) is 20.5. The molecule has 10 nitrogen and oxygen atoms in total. The molecule has 2 aromatic carbocycles. The molecule has 0 radical (unpaired) electrons. The van der Waals surface area contributed by atoms with E-state index in [0.717, 1.165) is 6.08 Å². The Morgan fingerprint density at radius 2 is 1.79 bits per heavy atom. The number of rotatable bonds is 6. The van der Waals surface area contributed by atoms with Crippen molar-refractivity contribution in [3.63, 3.8) is 0 Å². The smallest absolute Gasteiger partial charge is 0.283 e. The lowest BCUT2D eigenvalue weighted by atomic mass is 10.2. The highest BCUT2D eigenvalue weighted by Gasteiger charge is 2.22. The van der Waals surface area contributed by atoms with Crippen molar-refractivity contribution in [3.05, 3.63) is 83.6 Å². The summed E-state index contributed by atoms with van der Waals surface area (Å²) in [5.74, 6) is -1.74. The first-order chi connectivity index (χ1) is 18.3. The molecular formula is C26H24F2N8O2. The summed E-state index contributed by atoms with van der Waals surface area (Å²) in [6, 6.07) is 9.20. The lowest BCUT2D eigenvalue weighted by Crippen LogP contribution is -2.45. The summed E-state index contributed by atoms with van der Waals surface area (Å²) in [5, 5.41) is 5.64. The van der Waals surface area contributed by atoms with Gasteiger partial charge in [-0.15, -0.1) is 0 Å². The molecule has 2 aromatic heterocycles. The summed E-state index contributed by atoms with van der Waals surface area (Å²) >= 11 is 0. The number of nitrogens with one attached hydrogen (secondary N) is 2. The molecule has 0 spiro atoms. The first-order valence-corrected chi connectivity index (χ1v) is 11.8. The highest BCUT2D eigenvalue weighted by Crippen LogP contribution is 2.29. The molecule has 2 N–H and O–H groups in total. The normalized spacial score (nSPS) is 13.9. The number of hydrogen-bond acceptors (Lipinski definition) is 8. The van der Waals surface area contributed by atoms with Crippen LogP contribution in [-0.4, -0.2) is 63.6 Å². The van der Waals surface area contributed by atoms with Gasteiger partial charge in [0.05, 0.1) is 5.69 Å². The van der Waals surface area contributed by atoms with Gasteiger partial charge in [-0.05, 0) is 43.5 Å². The summed E-state index contributed by atoms with van der Waals surface area (Å²) < 4.78 is 31.5. The van der Waals surface area contributed by atoms with Crippen LogP contribution in [0.2, 0.25) is 0 Å². The summed E-state index contributed by atoms with van der Waals surface area (Å²) in [6.07, 6.45) is 3.75. The molecule has 3 heterocycles. The van der Waals surface area contributed by atoms with E-state index in [-0.39, 0.29) is 34.3 Å². The van der Waals surface area contributed by atoms with Gasteiger partial charge in [-0.25, -0.2) is 13.8 Å². The van der Waals surface area contributed by atoms with E-state index in [9.17, 15) is 18.4 Å². The lowest BCUT2D eigenvalue weighted by molar-refractivity contribution is -0.111. The van der Waals surface area contributed by atoms with E-state index in [1.165, 1.54) is 24.7 Å². The van der Waals surface area contributed by atoms with Crippen molar-refractivity contribution in [2.75, 3.05) is 48.8 Å². The summed E-state index contributed by atoms with van der Waals surface area (Å²) in [6.45, 7) is 5.91. The molecule has 1 aliphatic rings. The molecule has 1 aliphatic heterocycles. The van der Waals surface area contributed by atoms with Gasteiger partial charge in [-0.1, -0.05) is 12.6 Å². The molecule has 0 aliphatic carbocycles. The van der Waals surface area contributed by atoms with E-state index >= 15 is 0 Å². The molecule has 38 heavy (non-hydrogen) atoms. The van der Waals surface area contributed by atoms with Crippen LogP contribution in [-0.2, 0) is 4.79 Å². The Morgan fingerprint density at radius 1 is 1.05 bits per heavy atom. The molecule has 0 bridgehead atoms. The number of carbonyl (C=O) groups excluding carboxylic acids is 1. The molecule has 1 amide bonds. The van der Waals surface area contributed by atoms with Crippen molar-refractivity contribution >= 4 is 40.0 Å². The molecule has 4 aromatic rings. The number of benzene rings is 2. The maximum atomic E-state index is 15.0. The number of aromatic nitrogens is 4. The number of piperazine rings is 1. The fraction of sp³-hybridized carbons (Fsp3) is 0.192. The summed E-state index contributed by atoms with van der Waals surface area (Å²) in [4.78, 5) is 40.3. The van der Waals surface area contributed by atoms with Crippen molar-refractivity contribution in [1.29, 1.82) is 0 Å². The van der Waals surface area contributed by atoms with Gasteiger partial charge in [0, 0.05) is 43.8 Å². The average Bonchev–Trinajstić information content (AvgIpc) is 2.89. The number of carbonyl (C=O) groups is 1. The molecule has 0 atom stereocenters. The van der Waals surface area contributed by atoms with Crippen molar-refractivity contribution in [1.82, 2.24) is 24.4 Å². The SMILES string of the molecule is C=CC(=O)Nc1cccc(-n2cnc(=O)c3cnc(Nc4cc(F)c(N5CCN(C)CC5)c(F)c4)nc32)c1. The topological polar surface area (TPSA) is 108 Å². The molecule has 0 unspecified atom stereocenters. The fourth-order valence-corrected chi connectivity index (χ4v) is 4.22. The minimum atomic E-state index is -0.697. The van der Waals surface area contributed by atoms with Crippen LogP contribution in [0.1, 0.15) is 0 Å². The standard InChI is InChI=1S/C26H24F2N8O2/c1-3-22(37)31-16-5-4-6-18(11-16)36-15-30-25(38)19-14-29-26(33-24(19)36)32-17-12-20(27)23(21(28)13-17)35-9-7-34(2)8-10-35/h3-6,11-15H,1,7-10H2,2H3,(H,31,37)(H,29,32,33). The van der Waals surface area contributed by atoms with Gasteiger partial charge in [-0.2, -0.15) is 9.97 Å². The van der Waals surface area contributed by atoms with E-state index in [1.54, 1.807) is 33.7 Å². The van der Waals surface area contributed by atoms with Gasteiger partial charge in [0.15, 0.2) is 17.3 Å². The number of fused-ring (bicyclic) bond motifs is 1. The first-order valence-electron chi connectivity index (χ1n) is 11.8. The van der Waals surface area contributed by atoms with Gasteiger partial charge in [0.25, 0.3) is 5.56 Å². The van der Waals surface area contributed by atoms with Crippen molar-refractivity contribution in [3.8, 4) is 5.69 Å². The van der Waals surface area contributed by atoms with Gasteiger partial charge < -0.3 is 20.4 Å². The minimum absolute atomic E-state index is 0.0270. The Labute approximate surface area is 216 Å². The fourth-order valence-electron chi connectivity index (χ4n) is 4.22. The van der Waals surface area contributed by atoms with Gasteiger partial charge in [0.1, 0.15) is 17.4 Å². The number of anilines is 4. The Hall–Kier alpha value is -4.71. The third-order valence-electron chi connectivity index (χ3n) is 6.19. The molecule has 12 heteroatoms. The van der Waals surface area contributed by atoms with E-state index in [0.29, 0.717) is 37.6 Å². The number of likely N-dealkylation sites (N-methyl/N-ethyl adjacent to an activating group) is 1. The maximum absolute atomic E-state index is 15.0. The van der Waals surface area contributed by atoms with Crippen molar-refractivity contribution in [2.24, 2.45) is 0 Å². The molecule has 194 valence electrons. The van der Waals surface area contributed by atoms with Gasteiger partial charge >= 0.3 is 0 Å². The first kappa shape index (κ1) is 25.0. The van der Waals surface area contributed by atoms with Crippen molar-refractivity contribution in [2.45, 2.75) is 0 Å². The molecular weight excluding hydrogens is 494 g/mol. The summed E-state index contributed by atoms with van der Waals surface area (Å²) in [5.41, 5.74) is 0.790. The molecule has 5 rings (SSSR count). The summed E-state index contributed by atoms with van der Waals surface area (Å²) in [7, 11) is 1.97. The highest BCUT2D eigenvalue weighted by molar-refractivity contribution is 5.99. The number of amides is 1. The minimum Gasteiger partial charge on any atom is -0.364 e. The van der Waals surface area contributed by atoms with Gasteiger partial charge in [-0.3, -0.25) is 14.2 Å². The van der Waals surface area contributed by atoms with Gasteiger partial charge in [0.2, 0.25) is 11.9 Å². The van der Waals surface area contributed by atoms with Crippen LogP contribution < -0.4 is 21.1 Å². The van der Waals surface area contributed by atoms with Crippen LogP contribution in [0, 0.1) is 11.6 Å². The molecule has 0 saturated carbocycles. The van der Waals surface area contributed by atoms with Crippen molar-refractivity contribution < 1.29 is 13.6 Å². The number of nitrogens with zero attached hydrogens (tertiary/aromatic N) is 6. The zero-order chi connectivity index (χ0) is 26.8. The monoisotopic (exact) mass is 518 g/mol. The average molecular weight is 519 g/mol.